The highest BCUT2D eigenvalue weighted by molar-refractivity contribution is 7.09. The van der Waals surface area contributed by atoms with Crippen molar-refractivity contribution in [1.82, 2.24) is 20.3 Å². The van der Waals surface area contributed by atoms with E-state index in [0.717, 1.165) is 17.0 Å². The van der Waals surface area contributed by atoms with Crippen LogP contribution in [0.1, 0.15) is 20.9 Å². The summed E-state index contributed by atoms with van der Waals surface area (Å²) in [5.74, 6) is -0.235. The van der Waals surface area contributed by atoms with E-state index in [2.05, 4.69) is 20.3 Å². The number of hydrogen-bond donors (Lipinski definition) is 3. The molecule has 0 aliphatic carbocycles. The minimum atomic E-state index is -0.740. The van der Waals surface area contributed by atoms with E-state index in [0.29, 0.717) is 23.1 Å². The molecule has 0 unspecified atom stereocenters. The number of aromatic nitrogens is 3. The number of carbonyl (C=O) groups is 1. The van der Waals surface area contributed by atoms with Crippen LogP contribution in [0.15, 0.2) is 33.3 Å². The lowest BCUT2D eigenvalue weighted by Gasteiger charge is -2.06. The molecule has 0 atom stereocenters. The lowest BCUT2D eigenvalue weighted by molar-refractivity contribution is 0.0954. The highest BCUT2D eigenvalue weighted by atomic mass is 32.1. The Labute approximate surface area is 134 Å². The number of rotatable bonds is 4. The maximum atomic E-state index is 12.2. The number of nitrogens with zero attached hydrogens (tertiary/aromatic N) is 1. The highest BCUT2D eigenvalue weighted by Gasteiger charge is 2.08. The van der Waals surface area contributed by atoms with E-state index in [4.69, 9.17) is 0 Å². The normalized spacial score (nSPS) is 10.8. The molecule has 8 heteroatoms. The van der Waals surface area contributed by atoms with Gasteiger partial charge in [-0.25, -0.2) is 4.98 Å². The van der Waals surface area contributed by atoms with Crippen LogP contribution in [0.5, 0.6) is 0 Å². The van der Waals surface area contributed by atoms with Crippen molar-refractivity contribution < 1.29 is 4.79 Å². The molecule has 0 saturated carbocycles. The first-order chi connectivity index (χ1) is 11.0. The zero-order valence-corrected chi connectivity index (χ0v) is 13.1. The average Bonchev–Trinajstić information content (AvgIpc) is 2.93. The third-order valence-corrected chi connectivity index (χ3v) is 4.46. The molecule has 23 heavy (non-hydrogen) atoms. The second-order valence-corrected chi connectivity index (χ2v) is 5.97. The number of fused-ring (bicyclic) bond motifs is 1. The van der Waals surface area contributed by atoms with Crippen molar-refractivity contribution >= 4 is 28.3 Å². The van der Waals surface area contributed by atoms with Gasteiger partial charge in [0.15, 0.2) is 0 Å². The van der Waals surface area contributed by atoms with Crippen molar-refractivity contribution in [3.8, 4) is 0 Å². The summed E-state index contributed by atoms with van der Waals surface area (Å²) in [6.45, 7) is 2.44. The highest BCUT2D eigenvalue weighted by Crippen LogP contribution is 2.12. The molecule has 0 aliphatic rings. The fraction of sp³-hybridized carbons (Fsp3) is 0.200. The lowest BCUT2D eigenvalue weighted by atomic mass is 10.2. The Morgan fingerprint density at radius 1 is 1.22 bits per heavy atom. The quantitative estimate of drug-likeness (QED) is 0.619. The Balaban J connectivity index is 1.73. The Morgan fingerprint density at radius 2 is 1.96 bits per heavy atom. The van der Waals surface area contributed by atoms with Crippen molar-refractivity contribution in [3.05, 3.63) is 60.6 Å². The van der Waals surface area contributed by atoms with Crippen molar-refractivity contribution in [2.45, 2.75) is 13.3 Å². The number of benzene rings is 1. The van der Waals surface area contributed by atoms with Crippen molar-refractivity contribution in [2.24, 2.45) is 0 Å². The second-order valence-electron chi connectivity index (χ2n) is 5.04. The van der Waals surface area contributed by atoms with Gasteiger partial charge >= 0.3 is 11.1 Å². The van der Waals surface area contributed by atoms with Crippen LogP contribution in [-0.4, -0.2) is 27.4 Å². The smallest absolute Gasteiger partial charge is 0.314 e. The van der Waals surface area contributed by atoms with Crippen molar-refractivity contribution in [1.29, 1.82) is 0 Å². The molecule has 0 spiro atoms. The molecule has 3 rings (SSSR count). The van der Waals surface area contributed by atoms with Gasteiger partial charge in [-0.05, 0) is 25.1 Å². The first kappa shape index (κ1) is 15.2. The number of thiazole rings is 1. The molecule has 3 aromatic rings. The number of amides is 1. The van der Waals surface area contributed by atoms with Crippen LogP contribution in [0.2, 0.25) is 0 Å². The summed E-state index contributed by atoms with van der Waals surface area (Å²) in [5, 5.41) is 2.83. The fourth-order valence-corrected chi connectivity index (χ4v) is 3.00. The zero-order valence-electron chi connectivity index (χ0n) is 12.3. The summed E-state index contributed by atoms with van der Waals surface area (Å²) in [4.78, 5) is 45.0. The number of carbonyl (C=O) groups excluding carboxylic acids is 1. The van der Waals surface area contributed by atoms with Crippen molar-refractivity contribution in [2.75, 3.05) is 6.54 Å². The van der Waals surface area contributed by atoms with Gasteiger partial charge in [-0.15, -0.1) is 11.3 Å². The summed E-state index contributed by atoms with van der Waals surface area (Å²) in [6, 6.07) is 4.73. The van der Waals surface area contributed by atoms with Gasteiger partial charge in [0, 0.05) is 23.4 Å². The van der Waals surface area contributed by atoms with Crippen LogP contribution in [0, 0.1) is 6.92 Å². The SMILES string of the molecule is Cc1ncsc1CCNC(=O)c1ccc2[nH]c(=O)c(=O)[nH]c2c1. The Kier molecular flexibility index (Phi) is 4.07. The number of nitrogens with one attached hydrogen (secondary N) is 3. The van der Waals surface area contributed by atoms with Crippen molar-refractivity contribution in [3.63, 3.8) is 0 Å². The summed E-state index contributed by atoms with van der Waals surface area (Å²) in [6.07, 6.45) is 0.722. The van der Waals surface area contributed by atoms with Gasteiger partial charge in [-0.2, -0.15) is 0 Å². The van der Waals surface area contributed by atoms with Gasteiger partial charge in [0.2, 0.25) is 0 Å². The van der Waals surface area contributed by atoms with E-state index in [9.17, 15) is 14.4 Å². The molecule has 0 bridgehead atoms. The molecule has 2 heterocycles. The molecule has 3 N–H and O–H groups in total. The predicted octanol–water partition coefficient (Wildman–Crippen LogP) is 0.954. The molecule has 1 amide bonds. The molecular formula is C15H14N4O3S. The van der Waals surface area contributed by atoms with E-state index in [-0.39, 0.29) is 5.91 Å². The Bertz CT molecular complexity index is 986. The molecule has 0 saturated heterocycles. The van der Waals surface area contributed by atoms with E-state index < -0.39 is 11.1 Å². The van der Waals surface area contributed by atoms with E-state index in [1.165, 1.54) is 0 Å². The van der Waals surface area contributed by atoms with Crippen LogP contribution in [0.4, 0.5) is 0 Å². The van der Waals surface area contributed by atoms with Gasteiger partial charge in [0.05, 0.1) is 22.2 Å². The first-order valence-electron chi connectivity index (χ1n) is 6.98. The van der Waals surface area contributed by atoms with Gasteiger partial charge in [-0.1, -0.05) is 0 Å². The molecule has 2 aromatic heterocycles. The van der Waals surface area contributed by atoms with E-state index >= 15 is 0 Å². The lowest BCUT2D eigenvalue weighted by Crippen LogP contribution is -2.29. The van der Waals surface area contributed by atoms with Gasteiger partial charge in [0.25, 0.3) is 5.91 Å². The van der Waals surface area contributed by atoms with E-state index in [1.54, 1.807) is 35.0 Å². The van der Waals surface area contributed by atoms with E-state index in [1.807, 2.05) is 6.92 Å². The van der Waals surface area contributed by atoms with Crippen LogP contribution in [0.25, 0.3) is 11.0 Å². The zero-order chi connectivity index (χ0) is 16.4. The second kappa shape index (κ2) is 6.17. The topological polar surface area (TPSA) is 108 Å². The molecule has 0 fully saturated rings. The summed E-state index contributed by atoms with van der Waals surface area (Å²) >= 11 is 1.57. The first-order valence-corrected chi connectivity index (χ1v) is 7.86. The number of H-pyrrole nitrogens is 2. The van der Waals surface area contributed by atoms with Crippen LogP contribution >= 0.6 is 11.3 Å². The molecule has 7 nitrogen and oxygen atoms in total. The average molecular weight is 330 g/mol. The molecule has 118 valence electrons. The minimum absolute atomic E-state index is 0.235. The molecule has 0 aliphatic heterocycles. The number of aryl methyl sites for hydroxylation is 1. The predicted molar refractivity (Wildman–Crippen MR) is 88.1 cm³/mol. The summed E-state index contributed by atoms with van der Waals surface area (Å²) in [7, 11) is 0. The monoisotopic (exact) mass is 330 g/mol. The Morgan fingerprint density at radius 3 is 2.65 bits per heavy atom. The van der Waals surface area contributed by atoms with Gasteiger partial charge < -0.3 is 15.3 Å². The van der Waals surface area contributed by atoms with Gasteiger partial charge in [-0.3, -0.25) is 14.4 Å². The molecular weight excluding hydrogens is 316 g/mol. The molecule has 1 aromatic carbocycles. The maximum absolute atomic E-state index is 12.2. The standard InChI is InChI=1S/C15H14N4O3S/c1-8-12(23-7-17-8)4-5-16-13(20)9-2-3-10-11(6-9)19-15(22)14(21)18-10/h2-3,6-7H,4-5H2,1H3,(H,16,20)(H,18,21)(H,19,22). The Hall–Kier alpha value is -2.74. The number of aromatic amines is 2. The van der Waals surface area contributed by atoms with Gasteiger partial charge in [0.1, 0.15) is 0 Å². The molecule has 0 radical (unpaired) electrons. The third kappa shape index (κ3) is 3.21. The van der Waals surface area contributed by atoms with Crippen LogP contribution in [0.3, 0.4) is 0 Å². The largest absolute Gasteiger partial charge is 0.352 e. The number of hydrogen-bond acceptors (Lipinski definition) is 5. The summed E-state index contributed by atoms with van der Waals surface area (Å²) < 4.78 is 0. The third-order valence-electron chi connectivity index (χ3n) is 3.47. The summed E-state index contributed by atoms with van der Waals surface area (Å²) in [5.41, 5.74) is 2.63. The maximum Gasteiger partial charge on any atom is 0.314 e. The minimum Gasteiger partial charge on any atom is -0.352 e. The van der Waals surface area contributed by atoms with Crippen LogP contribution in [-0.2, 0) is 6.42 Å². The van der Waals surface area contributed by atoms with Crippen LogP contribution < -0.4 is 16.4 Å². The fourth-order valence-electron chi connectivity index (χ4n) is 2.21.